The summed E-state index contributed by atoms with van der Waals surface area (Å²) in [5.74, 6) is 0.650. The summed E-state index contributed by atoms with van der Waals surface area (Å²) in [5, 5.41) is 7.72. The van der Waals surface area contributed by atoms with E-state index in [1.54, 1.807) is 16.8 Å². The van der Waals surface area contributed by atoms with Gasteiger partial charge in [0.05, 0.1) is 11.4 Å². The second-order valence-electron chi connectivity index (χ2n) is 4.89. The first-order valence-corrected chi connectivity index (χ1v) is 6.91. The molecular formula is C15H21FN4. The standard InChI is InChI=1S/C15H21FN4/c1-3-4-13-14(17)15(20(2)19-13)18-10-9-11-5-7-12(16)8-6-11/h5-8,18H,3-4,9-10,17H2,1-2H3. The Balaban J connectivity index is 1.95. The molecule has 0 saturated heterocycles. The predicted molar refractivity (Wildman–Crippen MR) is 80.2 cm³/mol. The zero-order chi connectivity index (χ0) is 14.5. The van der Waals surface area contributed by atoms with E-state index in [-0.39, 0.29) is 5.82 Å². The zero-order valence-corrected chi connectivity index (χ0v) is 12.0. The van der Waals surface area contributed by atoms with Gasteiger partial charge in [-0.15, -0.1) is 0 Å². The fourth-order valence-electron chi connectivity index (χ4n) is 2.20. The Morgan fingerprint density at radius 3 is 2.60 bits per heavy atom. The summed E-state index contributed by atoms with van der Waals surface area (Å²) in [5.41, 5.74) is 8.86. The lowest BCUT2D eigenvalue weighted by atomic mass is 10.1. The molecule has 20 heavy (non-hydrogen) atoms. The summed E-state index contributed by atoms with van der Waals surface area (Å²) >= 11 is 0. The molecule has 0 radical (unpaired) electrons. The molecule has 0 atom stereocenters. The fourth-order valence-corrected chi connectivity index (χ4v) is 2.20. The van der Waals surface area contributed by atoms with Crippen molar-refractivity contribution in [1.29, 1.82) is 0 Å². The third-order valence-corrected chi connectivity index (χ3v) is 3.27. The molecule has 0 aliphatic rings. The molecule has 108 valence electrons. The quantitative estimate of drug-likeness (QED) is 0.853. The number of benzene rings is 1. The second-order valence-corrected chi connectivity index (χ2v) is 4.89. The van der Waals surface area contributed by atoms with Gasteiger partial charge in [-0.25, -0.2) is 4.39 Å². The van der Waals surface area contributed by atoms with Crippen molar-refractivity contribution in [2.24, 2.45) is 7.05 Å². The van der Waals surface area contributed by atoms with Gasteiger partial charge in [0.15, 0.2) is 0 Å². The number of nitrogens with two attached hydrogens (primary N) is 1. The SMILES string of the molecule is CCCc1nn(C)c(NCCc2ccc(F)cc2)c1N. The first-order chi connectivity index (χ1) is 9.61. The smallest absolute Gasteiger partial charge is 0.147 e. The molecule has 5 heteroatoms. The summed E-state index contributed by atoms with van der Waals surface area (Å²) in [4.78, 5) is 0. The second kappa shape index (κ2) is 6.41. The number of nitrogen functional groups attached to an aromatic ring is 1. The molecule has 2 rings (SSSR count). The van der Waals surface area contributed by atoms with Gasteiger partial charge < -0.3 is 11.1 Å². The van der Waals surface area contributed by atoms with Gasteiger partial charge in [-0.05, 0) is 30.5 Å². The summed E-state index contributed by atoms with van der Waals surface area (Å²) in [6.07, 6.45) is 2.73. The first kappa shape index (κ1) is 14.4. The van der Waals surface area contributed by atoms with E-state index in [0.717, 1.165) is 48.6 Å². The van der Waals surface area contributed by atoms with Crippen molar-refractivity contribution in [3.05, 3.63) is 41.3 Å². The minimum atomic E-state index is -0.207. The van der Waals surface area contributed by atoms with Gasteiger partial charge in [-0.2, -0.15) is 5.10 Å². The van der Waals surface area contributed by atoms with Crippen molar-refractivity contribution < 1.29 is 4.39 Å². The maximum atomic E-state index is 12.8. The van der Waals surface area contributed by atoms with Gasteiger partial charge in [-0.1, -0.05) is 25.5 Å². The Morgan fingerprint density at radius 1 is 1.25 bits per heavy atom. The van der Waals surface area contributed by atoms with Crippen LogP contribution in [0.1, 0.15) is 24.6 Å². The van der Waals surface area contributed by atoms with E-state index in [4.69, 9.17) is 5.73 Å². The van der Waals surface area contributed by atoms with Crippen molar-refractivity contribution in [1.82, 2.24) is 9.78 Å². The van der Waals surface area contributed by atoms with E-state index < -0.39 is 0 Å². The topological polar surface area (TPSA) is 55.9 Å². The minimum absolute atomic E-state index is 0.207. The summed E-state index contributed by atoms with van der Waals surface area (Å²) in [6.45, 7) is 2.84. The number of nitrogens with one attached hydrogen (secondary N) is 1. The number of hydrogen-bond acceptors (Lipinski definition) is 3. The third kappa shape index (κ3) is 3.29. The number of rotatable bonds is 6. The van der Waals surface area contributed by atoms with Crippen LogP contribution in [-0.4, -0.2) is 16.3 Å². The number of hydrogen-bond donors (Lipinski definition) is 2. The Bertz CT molecular complexity index is 560. The van der Waals surface area contributed by atoms with E-state index in [1.807, 2.05) is 7.05 Å². The van der Waals surface area contributed by atoms with Crippen molar-refractivity contribution >= 4 is 11.5 Å². The van der Waals surface area contributed by atoms with Crippen molar-refractivity contribution in [2.45, 2.75) is 26.2 Å². The van der Waals surface area contributed by atoms with Gasteiger partial charge in [0, 0.05) is 13.6 Å². The van der Waals surface area contributed by atoms with E-state index in [1.165, 1.54) is 12.1 Å². The Labute approximate surface area is 118 Å². The highest BCUT2D eigenvalue weighted by atomic mass is 19.1. The summed E-state index contributed by atoms with van der Waals surface area (Å²) < 4.78 is 14.6. The molecular weight excluding hydrogens is 255 g/mol. The van der Waals surface area contributed by atoms with E-state index in [2.05, 4.69) is 17.3 Å². The van der Waals surface area contributed by atoms with Gasteiger partial charge in [0.25, 0.3) is 0 Å². The van der Waals surface area contributed by atoms with Crippen molar-refractivity contribution in [3.8, 4) is 0 Å². The highest BCUT2D eigenvalue weighted by Gasteiger charge is 2.11. The lowest BCUT2D eigenvalue weighted by molar-refractivity contribution is 0.627. The Kier molecular flexibility index (Phi) is 4.61. The van der Waals surface area contributed by atoms with Gasteiger partial charge in [0.1, 0.15) is 11.6 Å². The molecule has 0 amide bonds. The number of aryl methyl sites for hydroxylation is 2. The van der Waals surface area contributed by atoms with Crippen LogP contribution in [0.25, 0.3) is 0 Å². The average Bonchev–Trinajstić information content (AvgIpc) is 2.69. The molecule has 3 N–H and O–H groups in total. The van der Waals surface area contributed by atoms with Crippen LogP contribution in [0.3, 0.4) is 0 Å². The van der Waals surface area contributed by atoms with E-state index >= 15 is 0 Å². The molecule has 0 spiro atoms. The molecule has 1 heterocycles. The average molecular weight is 276 g/mol. The summed E-state index contributed by atoms with van der Waals surface area (Å²) in [7, 11) is 1.88. The number of halogens is 1. The van der Waals surface area contributed by atoms with Crippen molar-refractivity contribution in [2.75, 3.05) is 17.6 Å². The molecule has 0 unspecified atom stereocenters. The van der Waals surface area contributed by atoms with Crippen LogP contribution in [0.2, 0.25) is 0 Å². The van der Waals surface area contributed by atoms with Crippen LogP contribution in [0.4, 0.5) is 15.9 Å². The lowest BCUT2D eigenvalue weighted by Crippen LogP contribution is -2.10. The molecule has 0 fully saturated rings. The zero-order valence-electron chi connectivity index (χ0n) is 12.0. The maximum Gasteiger partial charge on any atom is 0.147 e. The number of aromatic nitrogens is 2. The predicted octanol–water partition coefficient (Wildman–Crippen LogP) is 2.75. The first-order valence-electron chi connectivity index (χ1n) is 6.91. The van der Waals surface area contributed by atoms with Gasteiger partial charge in [0.2, 0.25) is 0 Å². The van der Waals surface area contributed by atoms with Crippen molar-refractivity contribution in [3.63, 3.8) is 0 Å². The summed E-state index contributed by atoms with van der Waals surface area (Å²) in [6, 6.07) is 6.55. The lowest BCUT2D eigenvalue weighted by Gasteiger charge is -2.07. The largest absolute Gasteiger partial charge is 0.394 e. The highest BCUT2D eigenvalue weighted by Crippen LogP contribution is 2.22. The molecule has 0 aliphatic heterocycles. The molecule has 0 aliphatic carbocycles. The van der Waals surface area contributed by atoms with Gasteiger partial charge >= 0.3 is 0 Å². The van der Waals surface area contributed by atoms with Crippen LogP contribution in [0.5, 0.6) is 0 Å². The normalized spacial score (nSPS) is 10.8. The molecule has 1 aromatic carbocycles. The monoisotopic (exact) mass is 276 g/mol. The Morgan fingerprint density at radius 2 is 1.95 bits per heavy atom. The van der Waals surface area contributed by atoms with Crippen LogP contribution in [0.15, 0.2) is 24.3 Å². The molecule has 4 nitrogen and oxygen atoms in total. The number of anilines is 2. The maximum absolute atomic E-state index is 12.8. The number of nitrogens with zero attached hydrogens (tertiary/aromatic N) is 2. The highest BCUT2D eigenvalue weighted by molar-refractivity contribution is 5.65. The van der Waals surface area contributed by atoms with E-state index in [9.17, 15) is 4.39 Å². The minimum Gasteiger partial charge on any atom is -0.394 e. The van der Waals surface area contributed by atoms with E-state index in [0.29, 0.717) is 0 Å². The van der Waals surface area contributed by atoms with Crippen LogP contribution in [0, 0.1) is 5.82 Å². The third-order valence-electron chi connectivity index (χ3n) is 3.27. The van der Waals surface area contributed by atoms with Crippen LogP contribution < -0.4 is 11.1 Å². The molecule has 2 aromatic rings. The van der Waals surface area contributed by atoms with Gasteiger partial charge in [-0.3, -0.25) is 4.68 Å². The Hall–Kier alpha value is -2.04. The molecule has 1 aromatic heterocycles. The van der Waals surface area contributed by atoms with Crippen LogP contribution >= 0.6 is 0 Å². The molecule has 0 bridgehead atoms. The molecule has 0 saturated carbocycles. The fraction of sp³-hybridized carbons (Fsp3) is 0.400. The van der Waals surface area contributed by atoms with Crippen LogP contribution in [-0.2, 0) is 19.9 Å².